The van der Waals surface area contributed by atoms with Gasteiger partial charge < -0.3 is 5.11 Å². The van der Waals surface area contributed by atoms with Gasteiger partial charge >= 0.3 is 5.97 Å². The molecule has 2 heterocycles. The standard InChI is InChI=1S/C19H23NO2S/c1-13-10-17(23-12-13)18(16-8-4-3-6-14(16)2)20-9-5-7-15(11-20)19(21)22/h3-4,6,8,10,12,15,18H,5,7,9,11H2,1-2H3,(H,21,22). The molecule has 2 unspecified atom stereocenters. The quantitative estimate of drug-likeness (QED) is 0.911. The van der Waals surface area contributed by atoms with E-state index >= 15 is 0 Å². The number of hydrogen-bond donors (Lipinski definition) is 1. The summed E-state index contributed by atoms with van der Waals surface area (Å²) < 4.78 is 0. The summed E-state index contributed by atoms with van der Waals surface area (Å²) in [5.74, 6) is -0.920. The zero-order chi connectivity index (χ0) is 16.4. The maximum Gasteiger partial charge on any atom is 0.307 e. The number of carboxylic acids is 1. The van der Waals surface area contributed by atoms with Crippen molar-refractivity contribution >= 4 is 17.3 Å². The molecular weight excluding hydrogens is 306 g/mol. The molecule has 1 fully saturated rings. The highest BCUT2D eigenvalue weighted by atomic mass is 32.1. The number of benzene rings is 1. The third-order valence-electron chi connectivity index (χ3n) is 4.67. The van der Waals surface area contributed by atoms with Crippen LogP contribution in [0.25, 0.3) is 0 Å². The molecule has 1 aliphatic heterocycles. The Hall–Kier alpha value is -1.65. The fourth-order valence-corrected chi connectivity index (χ4v) is 4.51. The van der Waals surface area contributed by atoms with Gasteiger partial charge in [-0.3, -0.25) is 9.69 Å². The van der Waals surface area contributed by atoms with Gasteiger partial charge in [-0.15, -0.1) is 11.3 Å². The van der Waals surface area contributed by atoms with E-state index < -0.39 is 5.97 Å². The minimum atomic E-state index is -0.666. The van der Waals surface area contributed by atoms with Crippen LogP contribution in [-0.2, 0) is 4.79 Å². The molecular formula is C19H23NO2S. The Morgan fingerprint density at radius 1 is 1.35 bits per heavy atom. The average molecular weight is 329 g/mol. The maximum absolute atomic E-state index is 11.4. The monoisotopic (exact) mass is 329 g/mol. The minimum Gasteiger partial charge on any atom is -0.481 e. The van der Waals surface area contributed by atoms with Crippen LogP contribution in [0.1, 0.15) is 40.5 Å². The van der Waals surface area contributed by atoms with Crippen molar-refractivity contribution in [2.45, 2.75) is 32.7 Å². The topological polar surface area (TPSA) is 40.5 Å². The summed E-state index contributed by atoms with van der Waals surface area (Å²) in [5.41, 5.74) is 3.83. The van der Waals surface area contributed by atoms with Gasteiger partial charge in [0, 0.05) is 11.4 Å². The first-order valence-electron chi connectivity index (χ1n) is 8.13. The molecule has 3 rings (SSSR count). The summed E-state index contributed by atoms with van der Waals surface area (Å²) in [6.45, 7) is 5.84. The van der Waals surface area contributed by atoms with Crippen LogP contribution in [0.5, 0.6) is 0 Å². The zero-order valence-corrected chi connectivity index (χ0v) is 14.5. The molecule has 0 bridgehead atoms. The number of hydrogen-bond acceptors (Lipinski definition) is 3. The molecule has 0 spiro atoms. The van der Waals surface area contributed by atoms with Crippen molar-refractivity contribution in [2.75, 3.05) is 13.1 Å². The average Bonchev–Trinajstić information content (AvgIpc) is 2.96. The lowest BCUT2D eigenvalue weighted by Gasteiger charge is -2.37. The Bertz CT molecular complexity index is 694. The molecule has 23 heavy (non-hydrogen) atoms. The van der Waals surface area contributed by atoms with Crippen molar-refractivity contribution in [2.24, 2.45) is 5.92 Å². The number of likely N-dealkylation sites (tertiary alicyclic amines) is 1. The van der Waals surface area contributed by atoms with Gasteiger partial charge in [-0.1, -0.05) is 24.3 Å². The van der Waals surface area contributed by atoms with Crippen molar-refractivity contribution in [3.63, 3.8) is 0 Å². The number of aryl methyl sites for hydroxylation is 2. The number of piperidine rings is 1. The lowest BCUT2D eigenvalue weighted by molar-refractivity contribution is -0.143. The van der Waals surface area contributed by atoms with Crippen molar-refractivity contribution < 1.29 is 9.90 Å². The highest BCUT2D eigenvalue weighted by molar-refractivity contribution is 7.10. The van der Waals surface area contributed by atoms with Gasteiger partial charge in [-0.2, -0.15) is 0 Å². The number of thiophene rings is 1. The highest BCUT2D eigenvalue weighted by Gasteiger charge is 2.32. The number of aliphatic carboxylic acids is 1. The molecule has 2 atom stereocenters. The Morgan fingerprint density at radius 2 is 2.13 bits per heavy atom. The number of carboxylic acid groups (broad SMARTS) is 1. The molecule has 0 amide bonds. The van der Waals surface area contributed by atoms with Gasteiger partial charge in [0.25, 0.3) is 0 Å². The van der Waals surface area contributed by atoms with E-state index in [-0.39, 0.29) is 12.0 Å². The van der Waals surface area contributed by atoms with Crippen LogP contribution in [0, 0.1) is 19.8 Å². The smallest absolute Gasteiger partial charge is 0.307 e. The second-order valence-corrected chi connectivity index (χ2v) is 7.40. The van der Waals surface area contributed by atoms with E-state index in [0.29, 0.717) is 6.54 Å². The van der Waals surface area contributed by atoms with Crippen LogP contribution < -0.4 is 0 Å². The molecule has 0 saturated carbocycles. The van der Waals surface area contributed by atoms with Crippen LogP contribution in [0.3, 0.4) is 0 Å². The van der Waals surface area contributed by atoms with E-state index in [1.807, 2.05) is 0 Å². The normalized spacial score (nSPS) is 20.3. The van der Waals surface area contributed by atoms with E-state index in [0.717, 1.165) is 19.4 Å². The summed E-state index contributed by atoms with van der Waals surface area (Å²) in [5, 5.41) is 11.6. The van der Waals surface area contributed by atoms with E-state index in [2.05, 4.69) is 54.5 Å². The van der Waals surface area contributed by atoms with Gasteiger partial charge in [0.15, 0.2) is 0 Å². The summed E-state index contributed by atoms with van der Waals surface area (Å²) >= 11 is 1.78. The van der Waals surface area contributed by atoms with Gasteiger partial charge in [-0.25, -0.2) is 0 Å². The van der Waals surface area contributed by atoms with Crippen LogP contribution in [0.15, 0.2) is 35.7 Å². The molecule has 0 aliphatic carbocycles. The highest BCUT2D eigenvalue weighted by Crippen LogP contribution is 2.37. The molecule has 1 N–H and O–H groups in total. The maximum atomic E-state index is 11.4. The molecule has 0 radical (unpaired) electrons. The Morgan fingerprint density at radius 3 is 2.78 bits per heavy atom. The molecule has 2 aromatic rings. The van der Waals surface area contributed by atoms with E-state index in [9.17, 15) is 9.90 Å². The van der Waals surface area contributed by atoms with E-state index in [1.54, 1.807) is 11.3 Å². The van der Waals surface area contributed by atoms with Gasteiger partial charge in [0.2, 0.25) is 0 Å². The minimum absolute atomic E-state index is 0.164. The van der Waals surface area contributed by atoms with Crippen LogP contribution in [-0.4, -0.2) is 29.1 Å². The molecule has 122 valence electrons. The van der Waals surface area contributed by atoms with E-state index in [4.69, 9.17) is 0 Å². The SMILES string of the molecule is Cc1csc(C(c2ccccc2C)N2CCCC(C(=O)O)C2)c1. The largest absolute Gasteiger partial charge is 0.481 e. The van der Waals surface area contributed by atoms with Gasteiger partial charge in [-0.05, 0) is 61.4 Å². The lowest BCUT2D eigenvalue weighted by Crippen LogP contribution is -2.41. The van der Waals surface area contributed by atoms with Crippen molar-refractivity contribution in [1.82, 2.24) is 4.90 Å². The van der Waals surface area contributed by atoms with Gasteiger partial charge in [0.05, 0.1) is 12.0 Å². The third-order valence-corrected chi connectivity index (χ3v) is 5.77. The number of rotatable bonds is 4. The predicted octanol–water partition coefficient (Wildman–Crippen LogP) is 4.25. The summed E-state index contributed by atoms with van der Waals surface area (Å²) in [4.78, 5) is 15.1. The molecule has 4 heteroatoms. The predicted molar refractivity (Wildman–Crippen MR) is 94.0 cm³/mol. The number of nitrogens with zero attached hydrogens (tertiary/aromatic N) is 1. The second-order valence-electron chi connectivity index (χ2n) is 6.46. The summed E-state index contributed by atoms with van der Waals surface area (Å²) in [6, 6.07) is 10.9. The molecule has 3 nitrogen and oxygen atoms in total. The molecule has 1 aromatic heterocycles. The van der Waals surface area contributed by atoms with Crippen molar-refractivity contribution in [3.8, 4) is 0 Å². The Labute approximate surface area is 141 Å². The zero-order valence-electron chi connectivity index (χ0n) is 13.7. The number of carbonyl (C=O) groups is 1. The first kappa shape index (κ1) is 16.2. The second kappa shape index (κ2) is 6.85. The van der Waals surface area contributed by atoms with Crippen molar-refractivity contribution in [3.05, 3.63) is 57.3 Å². The Balaban J connectivity index is 1.98. The molecule has 1 saturated heterocycles. The first-order valence-corrected chi connectivity index (χ1v) is 9.01. The summed E-state index contributed by atoms with van der Waals surface area (Å²) in [6.07, 6.45) is 1.74. The van der Waals surface area contributed by atoms with Crippen LogP contribution in [0.2, 0.25) is 0 Å². The third kappa shape index (κ3) is 3.48. The lowest BCUT2D eigenvalue weighted by atomic mass is 9.92. The Kier molecular flexibility index (Phi) is 4.83. The van der Waals surface area contributed by atoms with Crippen LogP contribution in [0.4, 0.5) is 0 Å². The van der Waals surface area contributed by atoms with Gasteiger partial charge in [0.1, 0.15) is 0 Å². The first-order chi connectivity index (χ1) is 11.1. The fourth-order valence-electron chi connectivity index (χ4n) is 3.46. The van der Waals surface area contributed by atoms with E-state index in [1.165, 1.54) is 21.6 Å². The molecule has 1 aliphatic rings. The van der Waals surface area contributed by atoms with Crippen LogP contribution >= 0.6 is 11.3 Å². The van der Waals surface area contributed by atoms with Crippen molar-refractivity contribution in [1.29, 1.82) is 0 Å². The molecule has 1 aromatic carbocycles. The summed E-state index contributed by atoms with van der Waals surface area (Å²) in [7, 11) is 0. The fraction of sp³-hybridized carbons (Fsp3) is 0.421.